The number of nitriles is 1. The third-order valence-corrected chi connectivity index (χ3v) is 4.65. The molecule has 0 radical (unpaired) electrons. The Morgan fingerprint density at radius 2 is 2.25 bits per heavy atom. The fourth-order valence-electron chi connectivity index (χ4n) is 2.19. The number of carboxylic acids is 1. The van der Waals surface area contributed by atoms with Crippen LogP contribution in [0.3, 0.4) is 0 Å². The predicted molar refractivity (Wildman–Crippen MR) is 56.3 cm³/mol. The molecular formula is C9H11N3O3S. The van der Waals surface area contributed by atoms with Crippen LogP contribution in [0, 0.1) is 11.3 Å². The maximum Gasteiger partial charge on any atom is 0.327 e. The number of thioether (sulfide) groups is 1. The van der Waals surface area contributed by atoms with Crippen molar-refractivity contribution in [2.75, 3.05) is 0 Å². The Bertz CT molecular complexity index is 430. The molecule has 0 aromatic carbocycles. The van der Waals surface area contributed by atoms with Gasteiger partial charge in [0.2, 0.25) is 5.54 Å². The number of fused-ring (bicyclic) bond motifs is 1. The molecule has 0 unspecified atom stereocenters. The molecule has 2 aliphatic heterocycles. The molecule has 2 fully saturated rings. The van der Waals surface area contributed by atoms with Crippen LogP contribution in [0.1, 0.15) is 13.8 Å². The summed E-state index contributed by atoms with van der Waals surface area (Å²) in [6.07, 6.45) is 0. The van der Waals surface area contributed by atoms with Crippen LogP contribution >= 0.6 is 11.8 Å². The van der Waals surface area contributed by atoms with Gasteiger partial charge in [0.25, 0.3) is 5.91 Å². The van der Waals surface area contributed by atoms with Gasteiger partial charge in [0.15, 0.2) is 0 Å². The number of β-lactam (4-membered cyclic amide) rings is 1. The second-order valence-electron chi connectivity index (χ2n) is 4.51. The topological polar surface area (TPSA) is 107 Å². The van der Waals surface area contributed by atoms with E-state index in [1.54, 1.807) is 19.9 Å². The molecule has 0 spiro atoms. The average molecular weight is 241 g/mol. The lowest BCUT2D eigenvalue weighted by atomic mass is 9.87. The van der Waals surface area contributed by atoms with E-state index in [0.29, 0.717) is 0 Å². The van der Waals surface area contributed by atoms with Gasteiger partial charge in [0.1, 0.15) is 11.4 Å². The molecule has 2 heterocycles. The van der Waals surface area contributed by atoms with E-state index >= 15 is 0 Å². The van der Waals surface area contributed by atoms with E-state index in [1.165, 1.54) is 16.7 Å². The summed E-state index contributed by atoms with van der Waals surface area (Å²) in [4.78, 5) is 24.0. The minimum Gasteiger partial charge on any atom is -0.480 e. The normalized spacial score (nSPS) is 39.9. The van der Waals surface area contributed by atoms with Crippen LogP contribution in [0.25, 0.3) is 0 Å². The summed E-state index contributed by atoms with van der Waals surface area (Å²) in [5, 5.41) is 17.4. The van der Waals surface area contributed by atoms with Crippen molar-refractivity contribution >= 4 is 23.6 Å². The van der Waals surface area contributed by atoms with E-state index in [1.807, 2.05) is 0 Å². The van der Waals surface area contributed by atoms with E-state index < -0.39 is 33.6 Å². The molecular weight excluding hydrogens is 230 g/mol. The number of hydrogen-bond donors (Lipinski definition) is 2. The Morgan fingerprint density at radius 1 is 1.69 bits per heavy atom. The molecule has 16 heavy (non-hydrogen) atoms. The van der Waals surface area contributed by atoms with Crippen LogP contribution in [-0.2, 0) is 9.59 Å². The van der Waals surface area contributed by atoms with Crippen molar-refractivity contribution in [2.24, 2.45) is 5.73 Å². The number of hydrogen-bond acceptors (Lipinski definition) is 5. The molecule has 2 aliphatic rings. The summed E-state index contributed by atoms with van der Waals surface area (Å²) >= 11 is 1.27. The molecule has 0 bridgehead atoms. The number of carbonyl (C=O) groups excluding carboxylic acids is 1. The van der Waals surface area contributed by atoms with Crippen molar-refractivity contribution in [1.29, 1.82) is 5.26 Å². The zero-order valence-electron chi connectivity index (χ0n) is 8.80. The standard InChI is InChI=1S/C9H11N3O3S/c1-8(2)4(5(13)14)12-6(15)9(11,3-10)7(12)16-8/h4,7H,11H2,1-2H3,(H,13,14)/t4-,7+,9-/m0/s1. The first-order valence-corrected chi connectivity index (χ1v) is 5.57. The molecule has 0 saturated carbocycles. The molecule has 0 aromatic heterocycles. The highest BCUT2D eigenvalue weighted by Gasteiger charge is 2.70. The lowest BCUT2D eigenvalue weighted by Gasteiger charge is -2.46. The van der Waals surface area contributed by atoms with Gasteiger partial charge in [-0.3, -0.25) is 4.79 Å². The zero-order valence-corrected chi connectivity index (χ0v) is 9.61. The van der Waals surface area contributed by atoms with Crippen molar-refractivity contribution < 1.29 is 14.7 Å². The SMILES string of the molecule is CC1(C)S[C@H]2N(C(=O)[C@@]2(N)C#N)[C@H]1C(=O)O. The van der Waals surface area contributed by atoms with Gasteiger partial charge in [0.05, 0.1) is 6.07 Å². The van der Waals surface area contributed by atoms with Crippen molar-refractivity contribution in [3.8, 4) is 6.07 Å². The fourth-order valence-corrected chi connectivity index (χ4v) is 3.78. The number of aliphatic carboxylic acids is 1. The number of nitrogens with zero attached hydrogens (tertiary/aromatic N) is 2. The number of nitrogens with two attached hydrogens (primary N) is 1. The van der Waals surface area contributed by atoms with Gasteiger partial charge in [-0.25, -0.2) is 4.79 Å². The lowest BCUT2D eigenvalue weighted by Crippen LogP contribution is -2.77. The summed E-state index contributed by atoms with van der Waals surface area (Å²) in [7, 11) is 0. The number of carboxylic acid groups (broad SMARTS) is 1. The van der Waals surface area contributed by atoms with E-state index in [2.05, 4.69) is 0 Å². The highest BCUT2D eigenvalue weighted by atomic mass is 32.2. The molecule has 86 valence electrons. The fraction of sp³-hybridized carbons (Fsp3) is 0.667. The number of amides is 1. The van der Waals surface area contributed by atoms with E-state index in [0.717, 1.165) is 0 Å². The monoisotopic (exact) mass is 241 g/mol. The zero-order chi connectivity index (χ0) is 12.3. The predicted octanol–water partition coefficient (Wildman–Crippen LogP) is -0.646. The third-order valence-electron chi connectivity index (χ3n) is 3.00. The maximum atomic E-state index is 11.7. The van der Waals surface area contributed by atoms with Crippen LogP contribution < -0.4 is 5.73 Å². The van der Waals surface area contributed by atoms with Gasteiger partial charge in [-0.05, 0) is 13.8 Å². The van der Waals surface area contributed by atoms with Crippen molar-refractivity contribution in [1.82, 2.24) is 4.90 Å². The summed E-state index contributed by atoms with van der Waals surface area (Å²) in [5.74, 6) is -1.65. The van der Waals surface area contributed by atoms with E-state index in [9.17, 15) is 9.59 Å². The Kier molecular flexibility index (Phi) is 2.03. The van der Waals surface area contributed by atoms with Crippen molar-refractivity contribution in [3.63, 3.8) is 0 Å². The Hall–Kier alpha value is -1.26. The Labute approximate surface area is 96.4 Å². The van der Waals surface area contributed by atoms with Crippen molar-refractivity contribution in [2.45, 2.75) is 35.5 Å². The molecule has 7 heteroatoms. The van der Waals surface area contributed by atoms with Gasteiger partial charge >= 0.3 is 5.97 Å². The molecule has 0 aliphatic carbocycles. The van der Waals surface area contributed by atoms with Gasteiger partial charge < -0.3 is 15.7 Å². The molecule has 2 saturated heterocycles. The van der Waals surface area contributed by atoms with Crippen LogP contribution in [0.4, 0.5) is 0 Å². The summed E-state index contributed by atoms with van der Waals surface area (Å²) < 4.78 is -0.635. The second kappa shape index (κ2) is 2.90. The smallest absolute Gasteiger partial charge is 0.327 e. The summed E-state index contributed by atoms with van der Waals surface area (Å²) in [6.45, 7) is 3.47. The summed E-state index contributed by atoms with van der Waals surface area (Å²) in [6, 6.07) is 0.852. The summed E-state index contributed by atoms with van der Waals surface area (Å²) in [5.41, 5.74) is 4.08. The van der Waals surface area contributed by atoms with Crippen LogP contribution in [0.2, 0.25) is 0 Å². The quantitative estimate of drug-likeness (QED) is 0.591. The first-order chi connectivity index (χ1) is 7.25. The first-order valence-electron chi connectivity index (χ1n) is 4.69. The van der Waals surface area contributed by atoms with Gasteiger partial charge in [-0.15, -0.1) is 11.8 Å². The minimum atomic E-state index is -1.56. The molecule has 3 atom stereocenters. The first kappa shape index (κ1) is 11.2. The van der Waals surface area contributed by atoms with Gasteiger partial charge in [0, 0.05) is 4.75 Å². The number of carbonyl (C=O) groups is 2. The van der Waals surface area contributed by atoms with Crippen LogP contribution in [-0.4, -0.2) is 43.6 Å². The Morgan fingerprint density at radius 3 is 2.69 bits per heavy atom. The van der Waals surface area contributed by atoms with Crippen LogP contribution in [0.15, 0.2) is 0 Å². The average Bonchev–Trinajstić information content (AvgIpc) is 2.46. The van der Waals surface area contributed by atoms with Gasteiger partial charge in [-0.2, -0.15) is 5.26 Å². The highest BCUT2D eigenvalue weighted by Crippen LogP contribution is 2.53. The van der Waals surface area contributed by atoms with E-state index in [4.69, 9.17) is 16.1 Å². The Balaban J connectivity index is 2.40. The molecule has 6 nitrogen and oxygen atoms in total. The second-order valence-corrected chi connectivity index (χ2v) is 6.24. The number of rotatable bonds is 1. The molecule has 2 rings (SSSR count). The molecule has 0 aromatic rings. The molecule has 1 amide bonds. The third kappa shape index (κ3) is 1.06. The highest BCUT2D eigenvalue weighted by molar-refractivity contribution is 8.01. The van der Waals surface area contributed by atoms with Crippen molar-refractivity contribution in [3.05, 3.63) is 0 Å². The molecule has 3 N–H and O–H groups in total. The van der Waals surface area contributed by atoms with Gasteiger partial charge in [-0.1, -0.05) is 0 Å². The van der Waals surface area contributed by atoms with E-state index in [-0.39, 0.29) is 0 Å². The minimum absolute atomic E-state index is 0.555. The largest absolute Gasteiger partial charge is 0.480 e. The van der Waals surface area contributed by atoms with Crippen LogP contribution in [0.5, 0.6) is 0 Å². The lowest BCUT2D eigenvalue weighted by molar-refractivity contribution is -0.162. The maximum absolute atomic E-state index is 11.7.